The molecule has 0 radical (unpaired) electrons. The van der Waals surface area contributed by atoms with E-state index >= 15 is 0 Å². The Morgan fingerprint density at radius 1 is 0.676 bits per heavy atom. The monoisotopic (exact) mass is 624 g/mol. The van der Waals surface area contributed by atoms with E-state index in [0.29, 0.717) is 0 Å². The molecule has 0 saturated heterocycles. The van der Waals surface area contributed by atoms with Crippen LogP contribution in [0.4, 0.5) is 11.4 Å². The number of rotatable bonds is 2. The maximum atomic E-state index is 3.67. The van der Waals surface area contributed by atoms with Crippen molar-refractivity contribution in [2.75, 3.05) is 23.9 Å². The van der Waals surface area contributed by atoms with Gasteiger partial charge in [-0.25, -0.2) is 0 Å². The molecule has 0 saturated carbocycles. The van der Waals surface area contributed by atoms with E-state index in [1.54, 1.807) is 0 Å². The van der Waals surface area contributed by atoms with Crippen molar-refractivity contribution in [2.45, 2.75) is 21.9 Å². The van der Waals surface area contributed by atoms with Crippen LogP contribution in [0.2, 0.25) is 0 Å². The van der Waals surface area contributed by atoms with Gasteiger partial charge in [-0.1, -0.05) is 80.0 Å². The van der Waals surface area contributed by atoms with E-state index in [0.717, 1.165) is 8.95 Å². The lowest BCUT2D eigenvalue weighted by atomic mass is 10.0. The molecule has 2 aliphatic carbocycles. The summed E-state index contributed by atoms with van der Waals surface area (Å²) < 4.78 is 2.25. The first-order valence-corrected chi connectivity index (χ1v) is 14.8. The maximum absolute atomic E-state index is 3.67. The SMILES string of the molecule is CN1c2cc(Br)ccc2C2=c3cccc(Sc4cccc5c4=C4c6ccc(Br)cc6N(C)C4C=5)c3=CC21. The minimum atomic E-state index is 0.281. The minimum absolute atomic E-state index is 0.281. The first-order valence-electron chi connectivity index (χ1n) is 12.4. The zero-order valence-electron chi connectivity index (χ0n) is 20.3. The smallest absolute Gasteiger partial charge is 0.0745 e. The molecule has 0 bridgehead atoms. The van der Waals surface area contributed by atoms with Gasteiger partial charge in [0.2, 0.25) is 0 Å². The molecule has 4 aromatic carbocycles. The molecule has 4 aromatic rings. The maximum Gasteiger partial charge on any atom is 0.0745 e. The van der Waals surface area contributed by atoms with Gasteiger partial charge in [-0.05, 0) is 75.4 Å². The van der Waals surface area contributed by atoms with Crippen molar-refractivity contribution in [1.82, 2.24) is 0 Å². The topological polar surface area (TPSA) is 6.48 Å². The van der Waals surface area contributed by atoms with Crippen LogP contribution in [0.1, 0.15) is 11.1 Å². The fourth-order valence-corrected chi connectivity index (χ4v) is 8.42. The van der Waals surface area contributed by atoms with Crippen molar-refractivity contribution in [1.29, 1.82) is 0 Å². The number of anilines is 2. The van der Waals surface area contributed by atoms with Gasteiger partial charge in [-0.15, -0.1) is 0 Å². The van der Waals surface area contributed by atoms with Crippen molar-refractivity contribution in [2.24, 2.45) is 0 Å². The highest BCUT2D eigenvalue weighted by Crippen LogP contribution is 2.43. The van der Waals surface area contributed by atoms with E-state index in [-0.39, 0.29) is 12.1 Å². The van der Waals surface area contributed by atoms with Gasteiger partial charge in [0.15, 0.2) is 0 Å². The van der Waals surface area contributed by atoms with Crippen LogP contribution in [0.3, 0.4) is 0 Å². The predicted octanol–water partition coefficient (Wildman–Crippen LogP) is 4.99. The van der Waals surface area contributed by atoms with Crippen LogP contribution in [-0.2, 0) is 0 Å². The average molecular weight is 626 g/mol. The molecular formula is C32H22Br2N2S. The zero-order chi connectivity index (χ0) is 25.0. The first kappa shape index (κ1) is 22.3. The van der Waals surface area contributed by atoms with E-state index < -0.39 is 0 Å². The van der Waals surface area contributed by atoms with Crippen molar-refractivity contribution < 1.29 is 0 Å². The normalized spacial score (nSPS) is 19.7. The average Bonchev–Trinajstić information content (AvgIpc) is 3.60. The van der Waals surface area contributed by atoms with Gasteiger partial charge in [-0.2, -0.15) is 0 Å². The second-order valence-electron chi connectivity index (χ2n) is 10.1. The summed E-state index contributed by atoms with van der Waals surface area (Å²) in [5.41, 5.74) is 8.15. The number of benzene rings is 4. The largest absolute Gasteiger partial charge is 0.363 e. The van der Waals surface area contributed by atoms with Crippen LogP contribution in [-0.4, -0.2) is 26.2 Å². The summed E-state index contributed by atoms with van der Waals surface area (Å²) in [6.07, 6.45) is 4.89. The second kappa shape index (κ2) is 7.89. The molecule has 0 N–H and O–H groups in total. The molecule has 2 heterocycles. The van der Waals surface area contributed by atoms with Gasteiger partial charge in [-0.3, -0.25) is 0 Å². The van der Waals surface area contributed by atoms with Crippen LogP contribution in [0.15, 0.2) is 91.5 Å². The molecule has 0 aromatic heterocycles. The fourth-order valence-electron chi connectivity index (χ4n) is 6.58. The molecule has 4 aliphatic rings. The molecule has 2 aliphatic heterocycles. The molecule has 8 rings (SSSR count). The molecule has 2 nitrogen and oxygen atoms in total. The molecule has 0 amide bonds. The number of halogens is 2. The molecule has 2 atom stereocenters. The molecule has 5 heteroatoms. The van der Waals surface area contributed by atoms with Crippen LogP contribution in [0.25, 0.3) is 23.3 Å². The summed E-state index contributed by atoms with van der Waals surface area (Å²) in [6.45, 7) is 0. The van der Waals surface area contributed by atoms with Crippen molar-refractivity contribution in [3.05, 3.63) is 114 Å². The molecule has 2 unspecified atom stereocenters. The van der Waals surface area contributed by atoms with E-state index in [4.69, 9.17) is 0 Å². The Morgan fingerprint density at radius 3 is 2.03 bits per heavy atom. The number of hydrogen-bond donors (Lipinski definition) is 0. The Balaban J connectivity index is 1.32. The zero-order valence-corrected chi connectivity index (χ0v) is 24.3. The quantitative estimate of drug-likeness (QED) is 0.310. The summed E-state index contributed by atoms with van der Waals surface area (Å²) in [7, 11) is 4.42. The number of likely N-dealkylation sites (N-methyl/N-ethyl adjacent to an activating group) is 2. The Hall–Kier alpha value is -2.73. The van der Waals surface area contributed by atoms with Crippen molar-refractivity contribution in [3.63, 3.8) is 0 Å². The Bertz CT molecular complexity index is 1940. The third-order valence-corrected chi connectivity index (χ3v) is 10.4. The lowest BCUT2D eigenvalue weighted by Crippen LogP contribution is -2.27. The van der Waals surface area contributed by atoms with Crippen LogP contribution in [0.5, 0.6) is 0 Å². The van der Waals surface area contributed by atoms with Crippen molar-refractivity contribution in [3.8, 4) is 0 Å². The number of fused-ring (bicyclic) bond motifs is 8. The second-order valence-corrected chi connectivity index (χ2v) is 13.1. The predicted molar refractivity (Wildman–Crippen MR) is 162 cm³/mol. The molecule has 180 valence electrons. The Morgan fingerprint density at radius 2 is 1.30 bits per heavy atom. The van der Waals surface area contributed by atoms with Gasteiger partial charge >= 0.3 is 0 Å². The van der Waals surface area contributed by atoms with Gasteiger partial charge in [0.25, 0.3) is 0 Å². The molecule has 0 spiro atoms. The third-order valence-electron chi connectivity index (χ3n) is 8.25. The van der Waals surface area contributed by atoms with E-state index in [9.17, 15) is 0 Å². The standard InChI is InChI=1S/C32H22Br2N2S/c1-35-25-15-19(34)10-12-22(25)32-26(35)13-17-5-3-8-29(30(17)32)37-28-7-4-6-20-23(28)16-27-31(20)21-11-9-18(33)14-24(21)36(27)2/h3-16,26-27H,1-2H3. The first-order chi connectivity index (χ1) is 18.0. The Kier molecular flexibility index (Phi) is 4.75. The lowest BCUT2D eigenvalue weighted by Gasteiger charge is -2.18. The minimum Gasteiger partial charge on any atom is -0.363 e. The van der Waals surface area contributed by atoms with Gasteiger partial charge in [0.1, 0.15) is 0 Å². The summed E-state index contributed by atoms with van der Waals surface area (Å²) >= 11 is 9.23. The van der Waals surface area contributed by atoms with Gasteiger partial charge in [0, 0.05) is 60.6 Å². The van der Waals surface area contributed by atoms with E-state index in [1.165, 1.54) is 64.3 Å². The highest BCUT2D eigenvalue weighted by Gasteiger charge is 2.35. The van der Waals surface area contributed by atoms with Gasteiger partial charge in [0.05, 0.1) is 12.1 Å². The molecular weight excluding hydrogens is 604 g/mol. The Labute approximate surface area is 236 Å². The third kappa shape index (κ3) is 3.05. The lowest BCUT2D eigenvalue weighted by molar-refractivity contribution is 0.986. The summed E-state index contributed by atoms with van der Waals surface area (Å²) in [4.78, 5) is 7.47. The summed E-state index contributed by atoms with van der Waals surface area (Å²) in [5.74, 6) is 0. The van der Waals surface area contributed by atoms with Gasteiger partial charge < -0.3 is 9.80 Å². The van der Waals surface area contributed by atoms with Crippen LogP contribution >= 0.6 is 43.6 Å². The van der Waals surface area contributed by atoms with E-state index in [1.807, 2.05) is 11.8 Å². The fraction of sp³-hybridized carbons (Fsp3) is 0.125. The molecule has 37 heavy (non-hydrogen) atoms. The summed E-state index contributed by atoms with van der Waals surface area (Å²) in [6, 6.07) is 27.5. The molecule has 0 fully saturated rings. The van der Waals surface area contributed by atoms with Crippen molar-refractivity contribution >= 4 is 78.3 Å². The number of nitrogens with zero attached hydrogens (tertiary/aromatic N) is 2. The van der Waals surface area contributed by atoms with E-state index in [2.05, 4.69) is 141 Å². The van der Waals surface area contributed by atoms with Crippen LogP contribution < -0.4 is 30.7 Å². The highest BCUT2D eigenvalue weighted by molar-refractivity contribution is 9.10. The number of hydrogen-bond acceptors (Lipinski definition) is 3. The van der Waals surface area contributed by atoms with Crippen LogP contribution in [0, 0.1) is 0 Å². The summed E-state index contributed by atoms with van der Waals surface area (Å²) in [5, 5.41) is 5.46. The highest BCUT2D eigenvalue weighted by atomic mass is 79.9.